The van der Waals surface area contributed by atoms with Crippen molar-refractivity contribution in [1.29, 1.82) is 0 Å². The molecule has 0 atom stereocenters. The molecule has 1 N–H and O–H groups in total. The SMILES string of the molecule is COc1ccc(CC(=O)NCCc2nn3c(C)nnc3s2)cc1. The van der Waals surface area contributed by atoms with E-state index in [1.807, 2.05) is 31.2 Å². The summed E-state index contributed by atoms with van der Waals surface area (Å²) in [6.07, 6.45) is 1.04. The molecule has 0 spiro atoms. The Hall–Kier alpha value is -2.48. The molecule has 1 aromatic carbocycles. The number of benzene rings is 1. The third kappa shape index (κ3) is 3.65. The number of aromatic nitrogens is 4. The van der Waals surface area contributed by atoms with Crippen LogP contribution in [0.4, 0.5) is 0 Å². The Morgan fingerprint density at radius 1 is 1.30 bits per heavy atom. The van der Waals surface area contributed by atoms with Crippen molar-refractivity contribution in [3.63, 3.8) is 0 Å². The zero-order valence-electron chi connectivity index (χ0n) is 12.9. The number of nitrogens with one attached hydrogen (secondary N) is 1. The third-order valence-corrected chi connectivity index (χ3v) is 4.33. The fourth-order valence-electron chi connectivity index (χ4n) is 2.16. The first-order valence-electron chi connectivity index (χ1n) is 7.23. The predicted molar refractivity (Wildman–Crippen MR) is 86.8 cm³/mol. The first kappa shape index (κ1) is 15.4. The summed E-state index contributed by atoms with van der Waals surface area (Å²) in [4.78, 5) is 12.7. The highest BCUT2D eigenvalue weighted by atomic mass is 32.1. The van der Waals surface area contributed by atoms with E-state index < -0.39 is 0 Å². The van der Waals surface area contributed by atoms with E-state index in [-0.39, 0.29) is 5.91 Å². The van der Waals surface area contributed by atoms with Gasteiger partial charge in [0.1, 0.15) is 10.8 Å². The molecular weight excluding hydrogens is 314 g/mol. The molecule has 0 unspecified atom stereocenters. The Kier molecular flexibility index (Phi) is 4.52. The van der Waals surface area contributed by atoms with Gasteiger partial charge >= 0.3 is 0 Å². The number of aryl methyl sites for hydroxylation is 1. The van der Waals surface area contributed by atoms with Crippen molar-refractivity contribution < 1.29 is 9.53 Å². The number of hydrogen-bond donors (Lipinski definition) is 1. The molecule has 0 fully saturated rings. The molecule has 0 bridgehead atoms. The van der Waals surface area contributed by atoms with E-state index in [9.17, 15) is 4.79 Å². The van der Waals surface area contributed by atoms with Crippen LogP contribution in [0.5, 0.6) is 5.75 Å². The highest BCUT2D eigenvalue weighted by Crippen LogP contribution is 2.14. The maximum atomic E-state index is 11.9. The maximum absolute atomic E-state index is 11.9. The minimum absolute atomic E-state index is 0.00523. The Balaban J connectivity index is 1.48. The van der Waals surface area contributed by atoms with Gasteiger partial charge in [0.2, 0.25) is 10.9 Å². The lowest BCUT2D eigenvalue weighted by Crippen LogP contribution is -2.27. The van der Waals surface area contributed by atoms with E-state index in [0.717, 1.165) is 27.1 Å². The van der Waals surface area contributed by atoms with Crippen LogP contribution >= 0.6 is 11.3 Å². The molecule has 0 aliphatic rings. The maximum Gasteiger partial charge on any atom is 0.234 e. The normalized spacial score (nSPS) is 10.9. The van der Waals surface area contributed by atoms with Crippen LogP contribution in [-0.4, -0.2) is 39.4 Å². The fourth-order valence-corrected chi connectivity index (χ4v) is 3.03. The topological polar surface area (TPSA) is 81.4 Å². The molecule has 0 aliphatic carbocycles. The lowest BCUT2D eigenvalue weighted by molar-refractivity contribution is -0.120. The van der Waals surface area contributed by atoms with Crippen molar-refractivity contribution in [2.24, 2.45) is 0 Å². The number of carbonyl (C=O) groups excluding carboxylic acids is 1. The van der Waals surface area contributed by atoms with E-state index in [1.165, 1.54) is 11.3 Å². The van der Waals surface area contributed by atoms with E-state index in [4.69, 9.17) is 4.74 Å². The average molecular weight is 331 g/mol. The zero-order valence-corrected chi connectivity index (χ0v) is 13.8. The number of amides is 1. The number of methoxy groups -OCH3 is 1. The molecule has 7 nitrogen and oxygen atoms in total. The number of rotatable bonds is 6. The molecule has 120 valence electrons. The van der Waals surface area contributed by atoms with E-state index in [2.05, 4.69) is 20.6 Å². The van der Waals surface area contributed by atoms with Crippen molar-refractivity contribution >= 4 is 22.2 Å². The van der Waals surface area contributed by atoms with Crippen molar-refractivity contribution in [1.82, 2.24) is 25.1 Å². The van der Waals surface area contributed by atoms with Gasteiger partial charge in [0.05, 0.1) is 13.5 Å². The van der Waals surface area contributed by atoms with Gasteiger partial charge in [-0.15, -0.1) is 10.2 Å². The molecule has 2 aromatic heterocycles. The highest BCUT2D eigenvalue weighted by Gasteiger charge is 2.09. The quantitative estimate of drug-likeness (QED) is 0.738. The third-order valence-electron chi connectivity index (χ3n) is 3.37. The molecule has 0 saturated carbocycles. The van der Waals surface area contributed by atoms with Crippen LogP contribution in [0.15, 0.2) is 24.3 Å². The van der Waals surface area contributed by atoms with Gasteiger partial charge in [0, 0.05) is 13.0 Å². The molecular formula is C15H17N5O2S. The van der Waals surface area contributed by atoms with Crippen LogP contribution in [-0.2, 0) is 17.6 Å². The number of fused-ring (bicyclic) bond motifs is 1. The lowest BCUT2D eigenvalue weighted by Gasteiger charge is -2.05. The van der Waals surface area contributed by atoms with E-state index in [1.54, 1.807) is 11.6 Å². The van der Waals surface area contributed by atoms with Crippen LogP contribution < -0.4 is 10.1 Å². The summed E-state index contributed by atoms with van der Waals surface area (Å²) >= 11 is 1.49. The zero-order chi connectivity index (χ0) is 16.2. The van der Waals surface area contributed by atoms with Crippen LogP contribution in [0.25, 0.3) is 4.96 Å². The summed E-state index contributed by atoms with van der Waals surface area (Å²) in [5.74, 6) is 1.55. The van der Waals surface area contributed by atoms with E-state index >= 15 is 0 Å². The summed E-state index contributed by atoms with van der Waals surface area (Å²) in [5.41, 5.74) is 0.956. The average Bonchev–Trinajstić information content (AvgIpc) is 3.10. The van der Waals surface area contributed by atoms with Gasteiger partial charge in [-0.2, -0.15) is 9.61 Å². The molecule has 1 amide bonds. The standard InChI is InChI=1S/C15H17N5O2S/c1-10-17-18-15-20(10)19-14(23-15)7-8-16-13(21)9-11-3-5-12(22-2)6-4-11/h3-6H,7-9H2,1-2H3,(H,16,21). The largest absolute Gasteiger partial charge is 0.497 e. The summed E-state index contributed by atoms with van der Waals surface area (Å²) in [5, 5.41) is 16.2. The van der Waals surface area contributed by atoms with Gasteiger partial charge in [-0.05, 0) is 24.6 Å². The predicted octanol–water partition coefficient (Wildman–Crippen LogP) is 1.40. The number of hydrogen-bond acceptors (Lipinski definition) is 6. The minimum Gasteiger partial charge on any atom is -0.497 e. The van der Waals surface area contributed by atoms with Crippen LogP contribution in [0.1, 0.15) is 16.4 Å². The van der Waals surface area contributed by atoms with Gasteiger partial charge in [0.25, 0.3) is 0 Å². The molecule has 2 heterocycles. The number of ether oxygens (including phenoxy) is 1. The smallest absolute Gasteiger partial charge is 0.234 e. The Bertz CT molecular complexity index is 809. The first-order chi connectivity index (χ1) is 11.2. The summed E-state index contributed by atoms with van der Waals surface area (Å²) in [7, 11) is 1.62. The fraction of sp³-hybridized carbons (Fsp3) is 0.333. The van der Waals surface area contributed by atoms with Crippen LogP contribution in [0.3, 0.4) is 0 Å². The Labute approximate surface area is 137 Å². The number of nitrogens with zero attached hydrogens (tertiary/aromatic N) is 4. The van der Waals surface area contributed by atoms with Crippen molar-refractivity contribution in [2.45, 2.75) is 19.8 Å². The van der Waals surface area contributed by atoms with Gasteiger partial charge < -0.3 is 10.1 Å². The van der Waals surface area contributed by atoms with Crippen molar-refractivity contribution in [2.75, 3.05) is 13.7 Å². The Morgan fingerprint density at radius 2 is 2.09 bits per heavy atom. The molecule has 3 rings (SSSR count). The number of carbonyl (C=O) groups is 1. The summed E-state index contributed by atoms with van der Waals surface area (Å²) < 4.78 is 6.82. The van der Waals surface area contributed by atoms with Crippen molar-refractivity contribution in [3.8, 4) is 5.75 Å². The molecule has 8 heteroatoms. The second-order valence-corrected chi connectivity index (χ2v) is 6.10. The monoisotopic (exact) mass is 331 g/mol. The minimum atomic E-state index is -0.00523. The summed E-state index contributed by atoms with van der Waals surface area (Å²) in [6.45, 7) is 2.41. The van der Waals surface area contributed by atoms with Gasteiger partial charge in [-0.3, -0.25) is 4.79 Å². The molecule has 23 heavy (non-hydrogen) atoms. The van der Waals surface area contributed by atoms with E-state index in [0.29, 0.717) is 19.4 Å². The first-order valence-corrected chi connectivity index (χ1v) is 8.04. The van der Waals surface area contributed by atoms with Gasteiger partial charge in [-0.25, -0.2) is 0 Å². The molecule has 0 radical (unpaired) electrons. The summed E-state index contributed by atoms with van der Waals surface area (Å²) in [6, 6.07) is 7.49. The Morgan fingerprint density at radius 3 is 2.78 bits per heavy atom. The second-order valence-electron chi connectivity index (χ2n) is 5.06. The second kappa shape index (κ2) is 6.74. The van der Waals surface area contributed by atoms with Crippen molar-refractivity contribution in [3.05, 3.63) is 40.7 Å². The molecule has 3 aromatic rings. The highest BCUT2D eigenvalue weighted by molar-refractivity contribution is 7.16. The van der Waals surface area contributed by atoms with Crippen LogP contribution in [0.2, 0.25) is 0 Å². The van der Waals surface area contributed by atoms with Gasteiger partial charge in [0.15, 0.2) is 5.82 Å². The molecule has 0 saturated heterocycles. The van der Waals surface area contributed by atoms with Gasteiger partial charge in [-0.1, -0.05) is 23.5 Å². The molecule has 0 aliphatic heterocycles. The van der Waals surface area contributed by atoms with Crippen LogP contribution in [0, 0.1) is 6.92 Å². The lowest BCUT2D eigenvalue weighted by atomic mass is 10.1.